The molecule has 6 heteroatoms. The number of carbonyl (C=O) groups excluding carboxylic acids is 1. The van der Waals surface area contributed by atoms with Gasteiger partial charge < -0.3 is 10.5 Å². The molecule has 0 aliphatic heterocycles. The fraction of sp³-hybridized carbons (Fsp3) is 0.300. The number of benzene rings is 1. The van der Waals surface area contributed by atoms with Crippen LogP contribution in [-0.2, 0) is 19.4 Å². The number of esters is 1. The summed E-state index contributed by atoms with van der Waals surface area (Å²) in [4.78, 5) is 10.6. The van der Waals surface area contributed by atoms with Gasteiger partial charge in [-0.2, -0.15) is 0 Å². The Bertz CT molecular complexity index is 464. The minimum absolute atomic E-state index is 0.135. The lowest BCUT2D eigenvalue weighted by molar-refractivity contribution is -0.140. The zero-order valence-electron chi connectivity index (χ0n) is 8.76. The molecule has 1 aromatic carbocycles. The van der Waals surface area contributed by atoms with Gasteiger partial charge in [0.2, 0.25) is 0 Å². The van der Waals surface area contributed by atoms with E-state index in [0.717, 1.165) is 0 Å². The van der Waals surface area contributed by atoms with Gasteiger partial charge >= 0.3 is 5.97 Å². The van der Waals surface area contributed by atoms with Gasteiger partial charge in [-0.25, -0.2) is 8.42 Å². The SMILES string of the molecule is CC(=O)OCCS(=O)(=O)c1ccc([NH])cc1. The number of hydrogen-bond acceptors (Lipinski definition) is 4. The number of sulfone groups is 1. The predicted octanol–water partition coefficient (Wildman–Crippen LogP) is 0.938. The summed E-state index contributed by atoms with van der Waals surface area (Å²) in [5.74, 6) is -0.749. The molecule has 16 heavy (non-hydrogen) atoms. The van der Waals surface area contributed by atoms with Crippen LogP contribution >= 0.6 is 0 Å². The fourth-order valence-electron chi connectivity index (χ4n) is 1.08. The highest BCUT2D eigenvalue weighted by molar-refractivity contribution is 7.91. The molecular weight excluding hydrogens is 230 g/mol. The van der Waals surface area contributed by atoms with E-state index in [1.807, 2.05) is 0 Å². The van der Waals surface area contributed by atoms with Crippen molar-refractivity contribution in [3.63, 3.8) is 0 Å². The Morgan fingerprint density at radius 1 is 1.31 bits per heavy atom. The lowest BCUT2D eigenvalue weighted by Crippen LogP contribution is -2.14. The minimum atomic E-state index is -3.43. The molecule has 0 aliphatic rings. The Labute approximate surface area is 94.1 Å². The molecule has 0 atom stereocenters. The standard InChI is InChI=1S/C10H12NO4S/c1-8(12)15-6-7-16(13,14)10-4-2-9(11)3-5-10/h2-5,11H,6-7H2,1H3. The van der Waals surface area contributed by atoms with Gasteiger partial charge in [-0.05, 0) is 24.3 Å². The summed E-state index contributed by atoms with van der Waals surface area (Å²) in [6, 6.07) is 5.54. The van der Waals surface area contributed by atoms with Crippen molar-refractivity contribution in [1.82, 2.24) is 5.73 Å². The molecule has 0 aromatic heterocycles. The zero-order chi connectivity index (χ0) is 12.2. The van der Waals surface area contributed by atoms with Crippen molar-refractivity contribution in [3.05, 3.63) is 24.3 Å². The molecule has 0 aliphatic carbocycles. The highest BCUT2D eigenvalue weighted by atomic mass is 32.2. The third kappa shape index (κ3) is 3.54. The van der Waals surface area contributed by atoms with E-state index in [0.29, 0.717) is 0 Å². The second-order valence-corrected chi connectivity index (χ2v) is 5.29. The number of ether oxygens (including phenoxy) is 1. The van der Waals surface area contributed by atoms with Crippen molar-refractivity contribution in [3.8, 4) is 0 Å². The van der Waals surface area contributed by atoms with Crippen LogP contribution in [0.25, 0.3) is 0 Å². The van der Waals surface area contributed by atoms with E-state index in [2.05, 4.69) is 4.74 Å². The Kier molecular flexibility index (Phi) is 3.89. The van der Waals surface area contributed by atoms with Gasteiger partial charge in [0.25, 0.3) is 0 Å². The fourth-order valence-corrected chi connectivity index (χ4v) is 2.16. The van der Waals surface area contributed by atoms with Gasteiger partial charge in [0.15, 0.2) is 9.84 Å². The first-order valence-corrected chi connectivity index (χ1v) is 6.25. The summed E-state index contributed by atoms with van der Waals surface area (Å²) in [5.41, 5.74) is 7.48. The first kappa shape index (κ1) is 12.5. The topological polar surface area (TPSA) is 84.2 Å². The third-order valence-electron chi connectivity index (χ3n) is 1.87. The Morgan fingerprint density at radius 2 is 1.88 bits per heavy atom. The molecule has 5 nitrogen and oxygen atoms in total. The van der Waals surface area contributed by atoms with Crippen molar-refractivity contribution in [2.45, 2.75) is 11.8 Å². The molecule has 0 spiro atoms. The van der Waals surface area contributed by atoms with E-state index in [4.69, 9.17) is 5.73 Å². The smallest absolute Gasteiger partial charge is 0.302 e. The van der Waals surface area contributed by atoms with Crippen LogP contribution in [0.4, 0.5) is 5.69 Å². The molecule has 0 heterocycles. The van der Waals surface area contributed by atoms with Crippen LogP contribution in [0, 0.1) is 0 Å². The van der Waals surface area contributed by atoms with Crippen LogP contribution in [0.3, 0.4) is 0 Å². The molecule has 0 saturated heterocycles. The summed E-state index contributed by atoms with van der Waals surface area (Å²) >= 11 is 0. The van der Waals surface area contributed by atoms with E-state index in [9.17, 15) is 13.2 Å². The van der Waals surface area contributed by atoms with Gasteiger partial charge in [0, 0.05) is 6.92 Å². The largest absolute Gasteiger partial charge is 0.465 e. The predicted molar refractivity (Wildman–Crippen MR) is 57.9 cm³/mol. The number of nitrogens with one attached hydrogen (secondary N) is 1. The summed E-state index contributed by atoms with van der Waals surface area (Å²) in [6.45, 7) is 1.07. The Balaban J connectivity index is 2.71. The van der Waals surface area contributed by atoms with Crippen molar-refractivity contribution in [2.24, 2.45) is 0 Å². The quantitative estimate of drug-likeness (QED) is 0.735. The van der Waals surface area contributed by atoms with Crippen molar-refractivity contribution in [2.75, 3.05) is 12.4 Å². The first-order chi connectivity index (χ1) is 7.42. The molecule has 1 aromatic rings. The average Bonchev–Trinajstić information content (AvgIpc) is 2.17. The van der Waals surface area contributed by atoms with E-state index in [-0.39, 0.29) is 22.9 Å². The molecule has 0 amide bonds. The van der Waals surface area contributed by atoms with Crippen LogP contribution in [-0.4, -0.2) is 26.7 Å². The minimum Gasteiger partial charge on any atom is -0.465 e. The van der Waals surface area contributed by atoms with E-state index in [1.165, 1.54) is 31.2 Å². The summed E-state index contributed by atoms with van der Waals surface area (Å²) in [7, 11) is -3.43. The number of rotatable bonds is 4. The molecule has 0 bridgehead atoms. The number of hydrogen-bond donors (Lipinski definition) is 0. The molecule has 0 fully saturated rings. The Hall–Kier alpha value is -1.56. The van der Waals surface area contributed by atoms with Crippen LogP contribution in [0.15, 0.2) is 29.2 Å². The van der Waals surface area contributed by atoms with Crippen molar-refractivity contribution < 1.29 is 17.9 Å². The third-order valence-corrected chi connectivity index (χ3v) is 3.57. The Morgan fingerprint density at radius 3 is 2.38 bits per heavy atom. The van der Waals surface area contributed by atoms with Gasteiger partial charge in [-0.15, -0.1) is 0 Å². The second kappa shape index (κ2) is 4.98. The van der Waals surface area contributed by atoms with Crippen molar-refractivity contribution >= 4 is 21.5 Å². The molecule has 1 rings (SSSR count). The first-order valence-electron chi connectivity index (χ1n) is 4.59. The van der Waals surface area contributed by atoms with Crippen LogP contribution in [0.2, 0.25) is 0 Å². The maximum Gasteiger partial charge on any atom is 0.302 e. The maximum atomic E-state index is 11.7. The van der Waals surface area contributed by atoms with Crippen LogP contribution in [0.1, 0.15) is 6.92 Å². The normalized spacial score (nSPS) is 11.1. The molecular formula is C10H12NO4S. The van der Waals surface area contributed by atoms with Gasteiger partial charge in [-0.3, -0.25) is 4.79 Å². The number of carbonyl (C=O) groups is 1. The van der Waals surface area contributed by atoms with Gasteiger partial charge in [0.05, 0.1) is 16.3 Å². The molecule has 1 radical (unpaired) electrons. The maximum absolute atomic E-state index is 11.7. The molecule has 87 valence electrons. The van der Waals surface area contributed by atoms with Crippen LogP contribution < -0.4 is 5.73 Å². The van der Waals surface area contributed by atoms with Crippen LogP contribution in [0.5, 0.6) is 0 Å². The summed E-state index contributed by atoms with van der Waals surface area (Å²) in [6.07, 6.45) is 0. The lowest BCUT2D eigenvalue weighted by Gasteiger charge is -2.04. The highest BCUT2D eigenvalue weighted by Gasteiger charge is 2.14. The highest BCUT2D eigenvalue weighted by Crippen LogP contribution is 2.13. The molecule has 1 N–H and O–H groups in total. The van der Waals surface area contributed by atoms with Crippen molar-refractivity contribution in [1.29, 1.82) is 0 Å². The summed E-state index contributed by atoms with van der Waals surface area (Å²) < 4.78 is 27.9. The van der Waals surface area contributed by atoms with Gasteiger partial charge in [-0.1, -0.05) is 0 Å². The summed E-state index contributed by atoms with van der Waals surface area (Å²) in [5, 5.41) is 0. The van der Waals surface area contributed by atoms with E-state index < -0.39 is 15.8 Å². The molecule has 0 unspecified atom stereocenters. The van der Waals surface area contributed by atoms with E-state index >= 15 is 0 Å². The van der Waals surface area contributed by atoms with E-state index in [1.54, 1.807) is 0 Å². The molecule has 0 saturated carbocycles. The van der Waals surface area contributed by atoms with Gasteiger partial charge in [0.1, 0.15) is 6.61 Å². The monoisotopic (exact) mass is 242 g/mol. The average molecular weight is 242 g/mol. The zero-order valence-corrected chi connectivity index (χ0v) is 9.58. The second-order valence-electron chi connectivity index (χ2n) is 3.18. The lowest BCUT2D eigenvalue weighted by atomic mass is 10.3.